The number of piperidine rings is 1. The van der Waals surface area contributed by atoms with Gasteiger partial charge in [0.1, 0.15) is 12.4 Å². The molecule has 0 spiro atoms. The van der Waals surface area contributed by atoms with Crippen molar-refractivity contribution >= 4 is 0 Å². The molecule has 2 fully saturated rings. The summed E-state index contributed by atoms with van der Waals surface area (Å²) in [5.41, 5.74) is 2.64. The molecule has 0 radical (unpaired) electrons. The minimum absolute atomic E-state index is 0.629. The first-order valence-corrected chi connectivity index (χ1v) is 9.59. The van der Waals surface area contributed by atoms with Gasteiger partial charge in [-0.3, -0.25) is 0 Å². The molecule has 1 aliphatic carbocycles. The molecule has 25 heavy (non-hydrogen) atoms. The minimum atomic E-state index is 0.629. The zero-order valence-electron chi connectivity index (χ0n) is 14.8. The zero-order chi connectivity index (χ0) is 16.9. The molecule has 132 valence electrons. The largest absolute Gasteiger partial charge is 0.489 e. The Morgan fingerprint density at radius 3 is 2.48 bits per heavy atom. The molecule has 0 bridgehead atoms. The number of rotatable bonds is 7. The first-order chi connectivity index (χ1) is 12.4. The normalized spacial score (nSPS) is 23.4. The quantitative estimate of drug-likeness (QED) is 0.809. The Balaban J connectivity index is 1.22. The van der Waals surface area contributed by atoms with Crippen LogP contribution >= 0.6 is 0 Å². The van der Waals surface area contributed by atoms with E-state index in [1.807, 2.05) is 18.2 Å². The highest BCUT2D eigenvalue weighted by Crippen LogP contribution is 2.41. The maximum atomic E-state index is 5.88. The fourth-order valence-corrected chi connectivity index (χ4v) is 3.75. The van der Waals surface area contributed by atoms with E-state index >= 15 is 0 Å². The van der Waals surface area contributed by atoms with Crippen LogP contribution in [0.3, 0.4) is 0 Å². The van der Waals surface area contributed by atoms with Crippen LogP contribution in [0.4, 0.5) is 0 Å². The van der Waals surface area contributed by atoms with Gasteiger partial charge in [0, 0.05) is 12.0 Å². The summed E-state index contributed by atoms with van der Waals surface area (Å²) < 4.78 is 5.88. The van der Waals surface area contributed by atoms with E-state index in [-0.39, 0.29) is 0 Å². The summed E-state index contributed by atoms with van der Waals surface area (Å²) in [5, 5.41) is 7.22. The highest BCUT2D eigenvalue weighted by atomic mass is 16.5. The molecule has 2 aromatic carbocycles. The highest BCUT2D eigenvalue weighted by Gasteiger charge is 2.38. The lowest BCUT2D eigenvalue weighted by Gasteiger charge is -2.22. The maximum Gasteiger partial charge on any atom is 0.119 e. The molecule has 0 amide bonds. The lowest BCUT2D eigenvalue weighted by atomic mass is 9.98. The van der Waals surface area contributed by atoms with Crippen LogP contribution in [0.2, 0.25) is 0 Å². The Labute approximate surface area is 150 Å². The van der Waals surface area contributed by atoms with Gasteiger partial charge in [-0.25, -0.2) is 0 Å². The van der Waals surface area contributed by atoms with Gasteiger partial charge in [0.05, 0.1) is 0 Å². The topological polar surface area (TPSA) is 33.3 Å². The first-order valence-electron chi connectivity index (χ1n) is 9.59. The second-order valence-corrected chi connectivity index (χ2v) is 7.39. The van der Waals surface area contributed by atoms with Crippen molar-refractivity contribution in [3.8, 4) is 5.75 Å². The Bertz CT molecular complexity index is 649. The standard InChI is InChI=1S/C22H28N2O/c1-2-4-18(5-3-1)16-25-20-8-6-19(7-9-20)21-14-22(21)24-15-17-10-12-23-13-11-17/h1-9,17,21-24H,10-16H2/t21-,22+/m0/s1. The van der Waals surface area contributed by atoms with Crippen LogP contribution in [0, 0.1) is 5.92 Å². The van der Waals surface area contributed by atoms with Crippen molar-refractivity contribution in [3.05, 3.63) is 65.7 Å². The summed E-state index contributed by atoms with van der Waals surface area (Å²) in [5.74, 6) is 2.49. The van der Waals surface area contributed by atoms with Gasteiger partial charge in [0.15, 0.2) is 0 Å². The lowest BCUT2D eigenvalue weighted by molar-refractivity contribution is 0.306. The van der Waals surface area contributed by atoms with Gasteiger partial charge in [0.25, 0.3) is 0 Å². The summed E-state index contributed by atoms with van der Waals surface area (Å²) in [6, 6.07) is 19.7. The van der Waals surface area contributed by atoms with Crippen LogP contribution < -0.4 is 15.4 Å². The second-order valence-electron chi connectivity index (χ2n) is 7.39. The van der Waals surface area contributed by atoms with Gasteiger partial charge >= 0.3 is 0 Å². The van der Waals surface area contributed by atoms with E-state index in [9.17, 15) is 0 Å². The van der Waals surface area contributed by atoms with E-state index in [1.165, 1.54) is 50.0 Å². The number of ether oxygens (including phenoxy) is 1. The Hall–Kier alpha value is -1.84. The van der Waals surface area contributed by atoms with Crippen LogP contribution in [0.15, 0.2) is 54.6 Å². The monoisotopic (exact) mass is 336 g/mol. The molecule has 4 rings (SSSR count). The third kappa shape index (κ3) is 4.62. The molecule has 3 nitrogen and oxygen atoms in total. The average molecular weight is 336 g/mol. The molecule has 1 saturated heterocycles. The Kier molecular flexibility index (Phi) is 5.34. The minimum Gasteiger partial charge on any atom is -0.489 e. The molecule has 0 unspecified atom stereocenters. The number of nitrogens with one attached hydrogen (secondary N) is 2. The molecule has 2 atom stereocenters. The van der Waals surface area contributed by atoms with Gasteiger partial charge in [-0.1, -0.05) is 42.5 Å². The first kappa shape index (κ1) is 16.6. The average Bonchev–Trinajstić information content (AvgIpc) is 3.47. The van der Waals surface area contributed by atoms with Gasteiger partial charge in [0.2, 0.25) is 0 Å². The molecular formula is C22H28N2O. The Morgan fingerprint density at radius 2 is 1.72 bits per heavy atom. The van der Waals surface area contributed by atoms with Crippen LogP contribution in [-0.2, 0) is 6.61 Å². The van der Waals surface area contributed by atoms with Crippen LogP contribution in [0.25, 0.3) is 0 Å². The molecule has 1 saturated carbocycles. The van der Waals surface area contributed by atoms with Crippen LogP contribution in [-0.4, -0.2) is 25.7 Å². The van der Waals surface area contributed by atoms with Gasteiger partial charge in [-0.05, 0) is 68.1 Å². The van der Waals surface area contributed by atoms with Crippen molar-refractivity contribution in [2.24, 2.45) is 5.92 Å². The van der Waals surface area contributed by atoms with Crippen molar-refractivity contribution in [2.45, 2.75) is 37.8 Å². The van der Waals surface area contributed by atoms with E-state index < -0.39 is 0 Å². The number of hydrogen-bond acceptors (Lipinski definition) is 3. The van der Waals surface area contributed by atoms with E-state index in [4.69, 9.17) is 4.74 Å². The fraction of sp³-hybridized carbons (Fsp3) is 0.455. The number of benzene rings is 2. The van der Waals surface area contributed by atoms with Crippen molar-refractivity contribution < 1.29 is 4.74 Å². The summed E-state index contributed by atoms with van der Waals surface area (Å²) in [6.45, 7) is 4.18. The van der Waals surface area contributed by atoms with E-state index in [0.29, 0.717) is 18.6 Å². The smallest absolute Gasteiger partial charge is 0.119 e. The van der Waals surface area contributed by atoms with Crippen molar-refractivity contribution in [3.63, 3.8) is 0 Å². The van der Waals surface area contributed by atoms with Crippen molar-refractivity contribution in [2.75, 3.05) is 19.6 Å². The van der Waals surface area contributed by atoms with Crippen LogP contribution in [0.5, 0.6) is 5.75 Å². The lowest BCUT2D eigenvalue weighted by Crippen LogP contribution is -2.34. The van der Waals surface area contributed by atoms with E-state index in [0.717, 1.165) is 11.7 Å². The summed E-state index contributed by atoms with van der Waals surface area (Å²) in [7, 11) is 0. The van der Waals surface area contributed by atoms with Gasteiger partial charge < -0.3 is 15.4 Å². The SMILES string of the molecule is c1ccc(COc2ccc([C@@H]3C[C@H]3NCC3CCNCC3)cc2)cc1. The fourth-order valence-electron chi connectivity index (χ4n) is 3.75. The van der Waals surface area contributed by atoms with Crippen molar-refractivity contribution in [1.82, 2.24) is 10.6 Å². The van der Waals surface area contributed by atoms with Crippen LogP contribution in [0.1, 0.15) is 36.3 Å². The molecule has 0 aromatic heterocycles. The van der Waals surface area contributed by atoms with E-state index in [2.05, 4.69) is 47.0 Å². The predicted molar refractivity (Wildman–Crippen MR) is 102 cm³/mol. The number of hydrogen-bond donors (Lipinski definition) is 2. The molecule has 3 heteroatoms. The second kappa shape index (κ2) is 8.03. The molecular weight excluding hydrogens is 308 g/mol. The summed E-state index contributed by atoms with van der Waals surface area (Å²) in [4.78, 5) is 0. The summed E-state index contributed by atoms with van der Waals surface area (Å²) in [6.07, 6.45) is 3.91. The third-order valence-corrected chi connectivity index (χ3v) is 5.47. The highest BCUT2D eigenvalue weighted by molar-refractivity contribution is 5.34. The molecule has 2 N–H and O–H groups in total. The van der Waals surface area contributed by atoms with Gasteiger partial charge in [-0.15, -0.1) is 0 Å². The maximum absolute atomic E-state index is 5.88. The molecule has 2 aromatic rings. The van der Waals surface area contributed by atoms with Crippen molar-refractivity contribution in [1.29, 1.82) is 0 Å². The van der Waals surface area contributed by atoms with E-state index in [1.54, 1.807) is 0 Å². The predicted octanol–water partition coefficient (Wildman–Crippen LogP) is 3.71. The molecule has 1 aliphatic heterocycles. The van der Waals surface area contributed by atoms with Gasteiger partial charge in [-0.2, -0.15) is 0 Å². The third-order valence-electron chi connectivity index (χ3n) is 5.47. The molecule has 2 aliphatic rings. The summed E-state index contributed by atoms with van der Waals surface area (Å²) >= 11 is 0. The zero-order valence-corrected chi connectivity index (χ0v) is 14.8. The molecule has 1 heterocycles. The Morgan fingerprint density at radius 1 is 0.960 bits per heavy atom.